The van der Waals surface area contributed by atoms with Crippen LogP contribution in [0.2, 0.25) is 5.02 Å². The highest BCUT2D eigenvalue weighted by molar-refractivity contribution is 8.00. The van der Waals surface area contributed by atoms with Crippen molar-refractivity contribution in [2.24, 2.45) is 0 Å². The minimum Gasteiger partial charge on any atom is -0.394 e. The Morgan fingerprint density at radius 2 is 1.69 bits per heavy atom. The van der Waals surface area contributed by atoms with Gasteiger partial charge in [0.1, 0.15) is 35.5 Å². The van der Waals surface area contributed by atoms with Crippen molar-refractivity contribution in [1.29, 1.82) is 0 Å². The first kappa shape index (κ1) is 31.1. The molecule has 5 rings (SSSR count). The topological polar surface area (TPSA) is 121 Å². The van der Waals surface area contributed by atoms with E-state index < -0.39 is 83.5 Å². The molecule has 2 aliphatic rings. The Bertz CT molecular complexity index is 1400. The standard InChI is InChI=1S/C27H27ClF5N3O5S/c28-15-4-2-1-3-14(15)24(26(40)5-7-27(32,33)8-6-26)42-25-23(39)21(22(38)19(12-37)41-25)36-11-18(34-35-36)13-9-16(29)20(31)17(30)10-13/h1-4,9-11,19,21-25,37-40H,5-8,12H2/t19-,21+,22+,23-,24-,25+/m1/s1. The van der Waals surface area contributed by atoms with E-state index in [4.69, 9.17) is 16.3 Å². The van der Waals surface area contributed by atoms with E-state index in [1.54, 1.807) is 24.3 Å². The first-order valence-electron chi connectivity index (χ1n) is 13.0. The lowest BCUT2D eigenvalue weighted by Crippen LogP contribution is -2.55. The summed E-state index contributed by atoms with van der Waals surface area (Å²) in [6.07, 6.45) is -4.88. The van der Waals surface area contributed by atoms with Crippen LogP contribution in [0.1, 0.15) is 42.5 Å². The van der Waals surface area contributed by atoms with Crippen molar-refractivity contribution >= 4 is 23.4 Å². The van der Waals surface area contributed by atoms with Crippen molar-refractivity contribution < 1.29 is 47.1 Å². The molecule has 0 spiro atoms. The van der Waals surface area contributed by atoms with E-state index in [1.165, 1.54) is 6.20 Å². The molecule has 0 radical (unpaired) electrons. The molecule has 228 valence electrons. The van der Waals surface area contributed by atoms with Gasteiger partial charge < -0.3 is 25.2 Å². The molecule has 1 aliphatic heterocycles. The van der Waals surface area contributed by atoms with Crippen LogP contribution in [0, 0.1) is 17.5 Å². The summed E-state index contributed by atoms with van der Waals surface area (Å²) >= 11 is 7.35. The number of benzene rings is 2. The molecule has 1 aliphatic carbocycles. The van der Waals surface area contributed by atoms with E-state index in [9.17, 15) is 42.4 Å². The summed E-state index contributed by atoms with van der Waals surface area (Å²) in [7, 11) is 0. The molecule has 0 bridgehead atoms. The van der Waals surface area contributed by atoms with Gasteiger partial charge in [-0.15, -0.1) is 16.9 Å². The molecule has 42 heavy (non-hydrogen) atoms. The Labute approximate surface area is 246 Å². The summed E-state index contributed by atoms with van der Waals surface area (Å²) in [6.45, 7) is -0.690. The maximum absolute atomic E-state index is 14.0. The number of nitrogens with zero attached hydrogens (tertiary/aromatic N) is 3. The number of aliphatic hydroxyl groups is 4. The van der Waals surface area contributed by atoms with Crippen molar-refractivity contribution in [3.8, 4) is 11.3 Å². The molecule has 2 heterocycles. The van der Waals surface area contributed by atoms with Gasteiger partial charge in [-0.3, -0.25) is 0 Å². The van der Waals surface area contributed by atoms with Gasteiger partial charge in [0.2, 0.25) is 5.92 Å². The number of halogens is 6. The Morgan fingerprint density at radius 1 is 1.05 bits per heavy atom. The van der Waals surface area contributed by atoms with Crippen LogP contribution in [0.5, 0.6) is 0 Å². The van der Waals surface area contributed by atoms with Gasteiger partial charge in [0, 0.05) is 23.4 Å². The lowest BCUT2D eigenvalue weighted by atomic mass is 9.78. The van der Waals surface area contributed by atoms with Crippen LogP contribution in [-0.2, 0) is 4.74 Å². The van der Waals surface area contributed by atoms with Gasteiger partial charge >= 0.3 is 0 Å². The number of aliphatic hydroxyl groups excluding tert-OH is 3. The number of thioether (sulfide) groups is 1. The second-order valence-corrected chi connectivity index (χ2v) is 12.1. The van der Waals surface area contributed by atoms with Crippen LogP contribution in [0.15, 0.2) is 42.6 Å². The van der Waals surface area contributed by atoms with E-state index in [-0.39, 0.29) is 29.1 Å². The van der Waals surface area contributed by atoms with E-state index in [2.05, 4.69) is 10.3 Å². The maximum Gasteiger partial charge on any atom is 0.248 e. The summed E-state index contributed by atoms with van der Waals surface area (Å²) in [5, 5.41) is 51.0. The molecule has 2 aromatic carbocycles. The molecule has 1 aromatic heterocycles. The molecule has 15 heteroatoms. The van der Waals surface area contributed by atoms with Crippen LogP contribution < -0.4 is 0 Å². The molecular formula is C27H27ClF5N3O5S. The largest absolute Gasteiger partial charge is 0.394 e. The van der Waals surface area contributed by atoms with Gasteiger partial charge in [-0.2, -0.15) is 0 Å². The SMILES string of the molecule is OC[C@H]1O[C@@H](S[C@H](c2ccccc2Cl)C2(O)CCC(F)(F)CC2)[C@H](O)[C@@H](n2cc(-c3cc(F)c(F)c(F)c3)nn2)[C@H]1O. The molecule has 3 aromatic rings. The summed E-state index contributed by atoms with van der Waals surface area (Å²) in [5.41, 5.74) is -2.77. The third kappa shape index (κ3) is 6.03. The molecule has 2 fully saturated rings. The third-order valence-corrected chi connectivity index (χ3v) is 9.70. The first-order chi connectivity index (χ1) is 19.8. The summed E-state index contributed by atoms with van der Waals surface area (Å²) in [5.74, 6) is -7.51. The average Bonchev–Trinajstić information content (AvgIpc) is 3.43. The fourth-order valence-corrected chi connectivity index (χ4v) is 7.32. The van der Waals surface area contributed by atoms with E-state index in [0.717, 1.165) is 16.4 Å². The lowest BCUT2D eigenvalue weighted by Gasteiger charge is -2.46. The lowest BCUT2D eigenvalue weighted by molar-refractivity contribution is -0.179. The van der Waals surface area contributed by atoms with Crippen LogP contribution in [-0.4, -0.2) is 77.3 Å². The zero-order valence-electron chi connectivity index (χ0n) is 21.8. The van der Waals surface area contributed by atoms with E-state index >= 15 is 0 Å². The Morgan fingerprint density at radius 3 is 2.31 bits per heavy atom. The molecule has 4 N–H and O–H groups in total. The number of rotatable bonds is 7. The van der Waals surface area contributed by atoms with Gasteiger partial charge in [-0.1, -0.05) is 35.0 Å². The number of hydrogen-bond acceptors (Lipinski definition) is 8. The molecule has 6 atom stereocenters. The Balaban J connectivity index is 1.47. The maximum atomic E-state index is 14.0. The van der Waals surface area contributed by atoms with E-state index in [0.29, 0.717) is 17.7 Å². The summed E-state index contributed by atoms with van der Waals surface area (Å²) in [6, 6.07) is 6.62. The summed E-state index contributed by atoms with van der Waals surface area (Å²) < 4.78 is 76.0. The van der Waals surface area contributed by atoms with Gasteiger partial charge in [0.05, 0.1) is 23.7 Å². The summed E-state index contributed by atoms with van der Waals surface area (Å²) in [4.78, 5) is 0. The highest BCUT2D eigenvalue weighted by atomic mass is 35.5. The Kier molecular flexibility index (Phi) is 8.87. The molecule has 0 unspecified atom stereocenters. The van der Waals surface area contributed by atoms with Gasteiger partial charge in [0.15, 0.2) is 17.5 Å². The first-order valence-corrected chi connectivity index (χ1v) is 14.3. The second kappa shape index (κ2) is 12.0. The van der Waals surface area contributed by atoms with Crippen LogP contribution in [0.3, 0.4) is 0 Å². The normalized spacial score (nSPS) is 28.0. The predicted molar refractivity (Wildman–Crippen MR) is 142 cm³/mol. The monoisotopic (exact) mass is 635 g/mol. The van der Waals surface area contributed by atoms with Gasteiger partial charge in [-0.25, -0.2) is 26.6 Å². The van der Waals surface area contributed by atoms with Crippen molar-refractivity contribution in [3.63, 3.8) is 0 Å². The smallest absolute Gasteiger partial charge is 0.248 e. The van der Waals surface area contributed by atoms with Gasteiger partial charge in [-0.05, 0) is 36.6 Å². The second-order valence-electron chi connectivity index (χ2n) is 10.5. The van der Waals surface area contributed by atoms with Crippen molar-refractivity contribution in [3.05, 3.63) is 70.6 Å². The van der Waals surface area contributed by atoms with Crippen LogP contribution in [0.4, 0.5) is 22.0 Å². The molecule has 8 nitrogen and oxygen atoms in total. The van der Waals surface area contributed by atoms with Crippen molar-refractivity contribution in [2.75, 3.05) is 6.61 Å². The predicted octanol–water partition coefficient (Wildman–Crippen LogP) is 4.41. The zero-order valence-corrected chi connectivity index (χ0v) is 23.3. The fourth-order valence-electron chi connectivity index (χ4n) is 5.37. The minimum absolute atomic E-state index is 0.102. The average molecular weight is 636 g/mol. The van der Waals surface area contributed by atoms with Crippen molar-refractivity contribution in [1.82, 2.24) is 15.0 Å². The van der Waals surface area contributed by atoms with Crippen LogP contribution >= 0.6 is 23.4 Å². The molecule has 1 saturated heterocycles. The Hall–Kier alpha value is -2.33. The number of hydrogen-bond donors (Lipinski definition) is 4. The molecule has 0 amide bonds. The van der Waals surface area contributed by atoms with E-state index in [1.807, 2.05) is 0 Å². The third-order valence-electron chi connectivity index (χ3n) is 7.74. The zero-order chi connectivity index (χ0) is 30.4. The van der Waals surface area contributed by atoms with Crippen molar-refractivity contribution in [2.45, 2.75) is 72.2 Å². The molecule has 1 saturated carbocycles. The highest BCUT2D eigenvalue weighted by Crippen LogP contribution is 2.53. The highest BCUT2D eigenvalue weighted by Gasteiger charge is 2.52. The van der Waals surface area contributed by atoms with Gasteiger partial charge in [0.25, 0.3) is 0 Å². The number of aromatic nitrogens is 3. The molecular weight excluding hydrogens is 609 g/mol. The number of ether oxygens (including phenoxy) is 1. The minimum atomic E-state index is -2.94. The quantitative estimate of drug-likeness (QED) is 0.223. The number of alkyl halides is 2. The van der Waals surface area contributed by atoms with Crippen LogP contribution in [0.25, 0.3) is 11.3 Å². The fraction of sp³-hybridized carbons (Fsp3) is 0.481.